The highest BCUT2D eigenvalue weighted by molar-refractivity contribution is 9.10. The van der Waals surface area contributed by atoms with E-state index in [1.807, 2.05) is 0 Å². The lowest BCUT2D eigenvalue weighted by atomic mass is 10.0. The van der Waals surface area contributed by atoms with Gasteiger partial charge in [-0.2, -0.15) is 13.2 Å². The predicted octanol–water partition coefficient (Wildman–Crippen LogP) is 4.37. The minimum atomic E-state index is -4.53. The van der Waals surface area contributed by atoms with Crippen molar-refractivity contribution < 1.29 is 33.0 Å². The van der Waals surface area contributed by atoms with Crippen LogP contribution in [0, 0.1) is 0 Å². The largest absolute Gasteiger partial charge is 0.465 e. The standard InChI is InChI=1S/C13H15BrF3NO2.CH3NO2/c1-12(2,3)18(11(19)20)7-8-4-5-9(14)6-10(8)13(15,16)17;2-1(3)4/h4-6H,7H2,1-3H3,(H,19,20);2H2,(H,3,4). The molecule has 1 rings (SSSR count). The summed E-state index contributed by atoms with van der Waals surface area (Å²) < 4.78 is 39.3. The van der Waals surface area contributed by atoms with Crippen LogP contribution in [0.25, 0.3) is 0 Å². The lowest BCUT2D eigenvalue weighted by Gasteiger charge is -2.33. The second kappa shape index (κ2) is 8.22. The number of rotatable bonds is 2. The molecule has 0 heterocycles. The summed E-state index contributed by atoms with van der Waals surface area (Å²) in [6.45, 7) is 4.58. The van der Waals surface area contributed by atoms with E-state index < -0.39 is 29.5 Å². The molecule has 0 radical (unpaired) electrons. The molecule has 0 atom stereocenters. The number of hydrogen-bond donors (Lipinski definition) is 3. The molecule has 6 nitrogen and oxygen atoms in total. The van der Waals surface area contributed by atoms with Crippen molar-refractivity contribution in [2.24, 2.45) is 5.73 Å². The molecule has 24 heavy (non-hydrogen) atoms. The predicted molar refractivity (Wildman–Crippen MR) is 84.7 cm³/mol. The first-order valence-corrected chi connectivity index (χ1v) is 7.30. The van der Waals surface area contributed by atoms with Gasteiger partial charge in [0.25, 0.3) is 0 Å². The number of primary amides is 1. The van der Waals surface area contributed by atoms with Gasteiger partial charge < -0.3 is 15.9 Å². The van der Waals surface area contributed by atoms with Crippen LogP contribution in [-0.4, -0.2) is 32.8 Å². The maximum absolute atomic E-state index is 13.0. The van der Waals surface area contributed by atoms with Crippen LogP contribution in [0.5, 0.6) is 0 Å². The van der Waals surface area contributed by atoms with Gasteiger partial charge in [-0.25, -0.2) is 9.59 Å². The number of carbonyl (C=O) groups is 2. The summed E-state index contributed by atoms with van der Waals surface area (Å²) in [5, 5.41) is 16.3. The van der Waals surface area contributed by atoms with Gasteiger partial charge in [-0.05, 0) is 38.5 Å². The molecular weight excluding hydrogens is 397 g/mol. The molecule has 0 aliphatic rings. The van der Waals surface area contributed by atoms with Crippen molar-refractivity contribution in [3.05, 3.63) is 33.8 Å². The summed E-state index contributed by atoms with van der Waals surface area (Å²) in [5.74, 6) is 0. The van der Waals surface area contributed by atoms with Crippen LogP contribution >= 0.6 is 15.9 Å². The van der Waals surface area contributed by atoms with E-state index in [0.29, 0.717) is 4.47 Å². The minimum absolute atomic E-state index is 0.0713. The van der Waals surface area contributed by atoms with Gasteiger partial charge in [0.05, 0.1) is 12.1 Å². The molecule has 0 aliphatic heterocycles. The molecule has 1 aromatic carbocycles. The van der Waals surface area contributed by atoms with E-state index in [4.69, 9.17) is 15.0 Å². The van der Waals surface area contributed by atoms with Gasteiger partial charge >= 0.3 is 18.4 Å². The Bertz CT molecular complexity index is 597. The first kappa shape index (κ1) is 22.0. The number of carboxylic acid groups (broad SMARTS) is 2. The number of amides is 2. The molecule has 0 saturated heterocycles. The molecule has 136 valence electrons. The van der Waals surface area contributed by atoms with Gasteiger partial charge in [-0.1, -0.05) is 22.0 Å². The van der Waals surface area contributed by atoms with Gasteiger partial charge in [0.1, 0.15) is 0 Å². The maximum Gasteiger partial charge on any atom is 0.416 e. The summed E-state index contributed by atoms with van der Waals surface area (Å²) in [5.41, 5.74) is 2.34. The molecule has 10 heteroatoms. The Morgan fingerprint density at radius 3 is 2.00 bits per heavy atom. The number of nitrogens with two attached hydrogens (primary N) is 1. The Morgan fingerprint density at radius 2 is 1.67 bits per heavy atom. The second-order valence-corrected chi connectivity index (χ2v) is 6.59. The van der Waals surface area contributed by atoms with Crippen molar-refractivity contribution in [2.45, 2.75) is 39.0 Å². The summed E-state index contributed by atoms with van der Waals surface area (Å²) in [7, 11) is 0. The molecule has 0 aromatic heterocycles. The van der Waals surface area contributed by atoms with Crippen molar-refractivity contribution in [3.63, 3.8) is 0 Å². The van der Waals surface area contributed by atoms with E-state index in [1.165, 1.54) is 12.1 Å². The van der Waals surface area contributed by atoms with Gasteiger partial charge in [-0.3, -0.25) is 4.90 Å². The zero-order valence-corrected chi connectivity index (χ0v) is 14.8. The quantitative estimate of drug-likeness (QED) is 0.667. The Labute approximate surface area is 145 Å². The number of nitrogens with zero attached hydrogens (tertiary/aromatic N) is 1. The molecule has 0 saturated carbocycles. The summed E-state index contributed by atoms with van der Waals surface area (Å²) in [6, 6.07) is 3.71. The Hall–Kier alpha value is -1.97. The molecule has 4 N–H and O–H groups in total. The molecule has 0 bridgehead atoms. The van der Waals surface area contributed by atoms with E-state index in [1.54, 1.807) is 20.8 Å². The van der Waals surface area contributed by atoms with Crippen molar-refractivity contribution in [1.29, 1.82) is 0 Å². The van der Waals surface area contributed by atoms with Crippen molar-refractivity contribution in [2.75, 3.05) is 0 Å². The van der Waals surface area contributed by atoms with E-state index in [0.717, 1.165) is 11.0 Å². The maximum atomic E-state index is 13.0. The third kappa shape index (κ3) is 7.53. The average molecular weight is 415 g/mol. The summed E-state index contributed by atoms with van der Waals surface area (Å²) in [6.07, 6.45) is -7.12. The molecular formula is C14H18BrF3N2O4. The van der Waals surface area contributed by atoms with E-state index in [9.17, 15) is 18.0 Å². The molecule has 0 aliphatic carbocycles. The van der Waals surface area contributed by atoms with Crippen LogP contribution in [0.2, 0.25) is 0 Å². The van der Waals surface area contributed by atoms with E-state index in [-0.39, 0.29) is 12.1 Å². The molecule has 0 spiro atoms. The van der Waals surface area contributed by atoms with Gasteiger partial charge in [0.15, 0.2) is 0 Å². The lowest BCUT2D eigenvalue weighted by molar-refractivity contribution is -0.138. The fourth-order valence-corrected chi connectivity index (χ4v) is 2.07. The highest BCUT2D eigenvalue weighted by atomic mass is 79.9. The highest BCUT2D eigenvalue weighted by Gasteiger charge is 2.35. The van der Waals surface area contributed by atoms with Gasteiger partial charge in [-0.15, -0.1) is 0 Å². The third-order valence-electron chi connectivity index (χ3n) is 2.75. The first-order valence-electron chi connectivity index (χ1n) is 6.51. The second-order valence-electron chi connectivity index (χ2n) is 5.68. The molecule has 0 unspecified atom stereocenters. The van der Waals surface area contributed by atoms with Crippen LogP contribution in [0.1, 0.15) is 31.9 Å². The lowest BCUT2D eigenvalue weighted by Crippen LogP contribution is -2.44. The molecule has 0 fully saturated rings. The normalized spacial score (nSPS) is 11.3. The smallest absolute Gasteiger partial charge is 0.416 e. The van der Waals surface area contributed by atoms with Crippen molar-refractivity contribution in [3.8, 4) is 0 Å². The van der Waals surface area contributed by atoms with Crippen molar-refractivity contribution in [1.82, 2.24) is 4.90 Å². The number of hydrogen-bond acceptors (Lipinski definition) is 2. The SMILES string of the molecule is CC(C)(C)N(Cc1ccc(Br)cc1C(F)(F)F)C(=O)O.NC(=O)O. The topological polar surface area (TPSA) is 104 Å². The van der Waals surface area contributed by atoms with E-state index >= 15 is 0 Å². The Kier molecular flexibility index (Phi) is 7.55. The minimum Gasteiger partial charge on any atom is -0.465 e. The first-order chi connectivity index (χ1) is 10.7. The average Bonchev–Trinajstić information content (AvgIpc) is 2.33. The monoisotopic (exact) mass is 414 g/mol. The summed E-state index contributed by atoms with van der Waals surface area (Å²) in [4.78, 5) is 21.0. The molecule has 2 amide bonds. The summed E-state index contributed by atoms with van der Waals surface area (Å²) >= 11 is 2.99. The fraction of sp³-hybridized carbons (Fsp3) is 0.429. The Balaban J connectivity index is 0.00000118. The number of halogens is 4. The third-order valence-corrected chi connectivity index (χ3v) is 3.24. The number of benzene rings is 1. The van der Waals surface area contributed by atoms with Crippen LogP contribution in [0.4, 0.5) is 22.8 Å². The van der Waals surface area contributed by atoms with Crippen LogP contribution in [0.3, 0.4) is 0 Å². The zero-order chi connectivity index (χ0) is 19.3. The zero-order valence-electron chi connectivity index (χ0n) is 13.2. The van der Waals surface area contributed by atoms with Crippen molar-refractivity contribution >= 4 is 28.1 Å². The van der Waals surface area contributed by atoms with Crippen LogP contribution < -0.4 is 5.73 Å². The highest BCUT2D eigenvalue weighted by Crippen LogP contribution is 2.35. The molecule has 1 aromatic rings. The Morgan fingerprint density at radius 1 is 1.21 bits per heavy atom. The van der Waals surface area contributed by atoms with Crippen LogP contribution in [-0.2, 0) is 12.7 Å². The van der Waals surface area contributed by atoms with E-state index in [2.05, 4.69) is 21.7 Å². The number of alkyl halides is 3. The fourth-order valence-electron chi connectivity index (χ4n) is 1.71. The van der Waals surface area contributed by atoms with Crippen LogP contribution in [0.15, 0.2) is 22.7 Å². The van der Waals surface area contributed by atoms with Gasteiger partial charge in [0, 0.05) is 10.0 Å². The van der Waals surface area contributed by atoms with Gasteiger partial charge in [0.2, 0.25) is 0 Å².